The van der Waals surface area contributed by atoms with E-state index >= 15 is 0 Å². The Bertz CT molecular complexity index is 1090. The van der Waals surface area contributed by atoms with E-state index in [1.807, 2.05) is 22.9 Å². The average Bonchev–Trinajstić information content (AvgIpc) is 3.41. The fraction of sp³-hybridized carbons (Fsp3) is 0.440. The Balaban J connectivity index is 1.19. The summed E-state index contributed by atoms with van der Waals surface area (Å²) in [5, 5.41) is 8.76. The Morgan fingerprint density at radius 3 is 2.45 bits per heavy atom. The molecule has 8 heteroatoms. The number of carbonyl (C=O) groups is 1. The minimum Gasteiger partial charge on any atom is -0.368 e. The van der Waals surface area contributed by atoms with Crippen molar-refractivity contribution in [1.29, 1.82) is 0 Å². The van der Waals surface area contributed by atoms with Crippen LogP contribution in [0.2, 0.25) is 0 Å². The largest absolute Gasteiger partial charge is 0.368 e. The number of piperidine rings is 1. The van der Waals surface area contributed by atoms with E-state index < -0.39 is 0 Å². The number of aromatic nitrogens is 4. The molecule has 0 N–H and O–H groups in total. The molecule has 33 heavy (non-hydrogen) atoms. The third-order valence-corrected chi connectivity index (χ3v) is 6.80. The van der Waals surface area contributed by atoms with Crippen molar-refractivity contribution in [3.8, 4) is 5.82 Å². The van der Waals surface area contributed by atoms with E-state index in [-0.39, 0.29) is 11.8 Å². The molecule has 1 atom stereocenters. The monoisotopic (exact) mass is 445 g/mol. The Kier molecular flexibility index (Phi) is 5.98. The first-order valence-electron chi connectivity index (χ1n) is 11.8. The molecule has 1 amide bonds. The lowest BCUT2D eigenvalue weighted by Gasteiger charge is -2.40. The quantitative estimate of drug-likeness (QED) is 0.615. The highest BCUT2D eigenvalue weighted by atomic mass is 16.2. The first-order chi connectivity index (χ1) is 16.1. The summed E-state index contributed by atoms with van der Waals surface area (Å²) in [6, 6.07) is 10.5. The number of nitrogens with zero attached hydrogens (tertiary/aromatic N) is 7. The van der Waals surface area contributed by atoms with Crippen molar-refractivity contribution in [2.75, 3.05) is 49.1 Å². The molecular formula is C25H31N7O. The lowest BCUT2D eigenvalue weighted by Crippen LogP contribution is -2.52. The predicted octanol–water partition coefficient (Wildman–Crippen LogP) is 2.84. The molecule has 0 radical (unpaired) electrons. The molecule has 2 aromatic heterocycles. The standard InChI is InChI=1S/C25H31N7O/c1-19-5-6-20(2)22(16-19)29-12-14-30(15-13-29)25(33)21-4-3-10-31(17-21)23-7-8-24(28-27-23)32-11-9-26-18-32/h5-9,11,16,18,21H,3-4,10,12-15,17H2,1-2H3/t21-/m0/s1. The fourth-order valence-corrected chi connectivity index (χ4v) is 4.89. The molecule has 2 aliphatic rings. The van der Waals surface area contributed by atoms with Crippen molar-refractivity contribution < 1.29 is 4.79 Å². The highest BCUT2D eigenvalue weighted by molar-refractivity contribution is 5.80. The third-order valence-electron chi connectivity index (χ3n) is 6.80. The minimum atomic E-state index is 0.0149. The van der Waals surface area contributed by atoms with Crippen molar-refractivity contribution >= 4 is 17.4 Å². The van der Waals surface area contributed by atoms with Gasteiger partial charge in [-0.1, -0.05) is 12.1 Å². The maximum absolute atomic E-state index is 13.3. The van der Waals surface area contributed by atoms with Crippen LogP contribution in [0.1, 0.15) is 24.0 Å². The van der Waals surface area contributed by atoms with Crippen LogP contribution >= 0.6 is 0 Å². The van der Waals surface area contributed by atoms with Crippen molar-refractivity contribution in [2.45, 2.75) is 26.7 Å². The van der Waals surface area contributed by atoms with E-state index in [4.69, 9.17) is 0 Å². The highest BCUT2D eigenvalue weighted by Crippen LogP contribution is 2.26. The highest BCUT2D eigenvalue weighted by Gasteiger charge is 2.32. The van der Waals surface area contributed by atoms with Gasteiger partial charge in [-0.15, -0.1) is 10.2 Å². The molecule has 1 aromatic carbocycles. The topological polar surface area (TPSA) is 70.4 Å². The number of imidazole rings is 1. The molecule has 4 heterocycles. The van der Waals surface area contributed by atoms with Crippen molar-refractivity contribution in [2.24, 2.45) is 5.92 Å². The van der Waals surface area contributed by atoms with E-state index in [9.17, 15) is 4.79 Å². The molecule has 0 aliphatic carbocycles. The molecule has 3 aromatic rings. The number of carbonyl (C=O) groups excluding carboxylic acids is 1. The summed E-state index contributed by atoms with van der Waals surface area (Å²) >= 11 is 0. The molecule has 0 saturated carbocycles. The summed E-state index contributed by atoms with van der Waals surface area (Å²) < 4.78 is 1.83. The summed E-state index contributed by atoms with van der Waals surface area (Å²) in [4.78, 5) is 24.1. The molecule has 5 rings (SSSR count). The van der Waals surface area contributed by atoms with Gasteiger partial charge in [0.15, 0.2) is 11.6 Å². The predicted molar refractivity (Wildman–Crippen MR) is 129 cm³/mol. The summed E-state index contributed by atoms with van der Waals surface area (Å²) in [6.45, 7) is 9.23. The second-order valence-corrected chi connectivity index (χ2v) is 9.11. The van der Waals surface area contributed by atoms with Gasteiger partial charge in [0.2, 0.25) is 5.91 Å². The summed E-state index contributed by atoms with van der Waals surface area (Å²) in [5.74, 6) is 1.86. The molecule has 0 unspecified atom stereocenters. The number of anilines is 2. The van der Waals surface area contributed by atoms with Gasteiger partial charge in [0.05, 0.1) is 5.92 Å². The zero-order valence-corrected chi connectivity index (χ0v) is 19.4. The van der Waals surface area contributed by atoms with Gasteiger partial charge in [-0.2, -0.15) is 0 Å². The van der Waals surface area contributed by atoms with Crippen molar-refractivity contribution in [3.05, 3.63) is 60.2 Å². The minimum absolute atomic E-state index is 0.0149. The molecule has 2 aliphatic heterocycles. The van der Waals surface area contributed by atoms with Crippen LogP contribution in [-0.4, -0.2) is 69.8 Å². The Morgan fingerprint density at radius 1 is 0.939 bits per heavy atom. The molecule has 2 saturated heterocycles. The summed E-state index contributed by atoms with van der Waals surface area (Å²) in [7, 11) is 0. The van der Waals surface area contributed by atoms with E-state index in [0.29, 0.717) is 6.54 Å². The number of hydrogen-bond acceptors (Lipinski definition) is 6. The van der Waals surface area contributed by atoms with Crippen molar-refractivity contribution in [3.63, 3.8) is 0 Å². The SMILES string of the molecule is Cc1ccc(C)c(N2CCN(C(=O)[C@H]3CCCN(c4ccc(-n5ccnc5)nn4)C3)CC2)c1. The number of benzene rings is 1. The van der Waals surface area contributed by atoms with E-state index in [1.165, 1.54) is 16.8 Å². The van der Waals surface area contributed by atoms with Gasteiger partial charge in [0.1, 0.15) is 6.33 Å². The van der Waals surface area contributed by atoms with Crippen molar-refractivity contribution in [1.82, 2.24) is 24.6 Å². The lowest BCUT2D eigenvalue weighted by molar-refractivity contribution is -0.136. The van der Waals surface area contributed by atoms with Crippen LogP contribution in [-0.2, 0) is 4.79 Å². The molecule has 8 nitrogen and oxygen atoms in total. The zero-order valence-electron chi connectivity index (χ0n) is 19.4. The number of rotatable bonds is 4. The molecule has 0 spiro atoms. The normalized spacial score (nSPS) is 19.1. The van der Waals surface area contributed by atoms with Crippen LogP contribution < -0.4 is 9.80 Å². The lowest BCUT2D eigenvalue weighted by atomic mass is 9.96. The van der Waals surface area contributed by atoms with Crippen LogP contribution in [0, 0.1) is 19.8 Å². The summed E-state index contributed by atoms with van der Waals surface area (Å²) in [6.07, 6.45) is 7.20. The van der Waals surface area contributed by atoms with E-state index in [1.54, 1.807) is 12.5 Å². The molecule has 0 bridgehead atoms. The van der Waals surface area contributed by atoms with Crippen LogP contribution in [0.25, 0.3) is 5.82 Å². The Morgan fingerprint density at radius 2 is 1.73 bits per heavy atom. The molecule has 2 fully saturated rings. The van der Waals surface area contributed by atoms with Gasteiger partial charge in [-0.05, 0) is 56.0 Å². The maximum Gasteiger partial charge on any atom is 0.227 e. The summed E-state index contributed by atoms with van der Waals surface area (Å²) in [5.41, 5.74) is 3.87. The average molecular weight is 446 g/mol. The Hall–Kier alpha value is -3.42. The van der Waals surface area contributed by atoms with Gasteiger partial charge in [-0.3, -0.25) is 9.36 Å². The van der Waals surface area contributed by atoms with E-state index in [2.05, 4.69) is 61.9 Å². The molecular weight excluding hydrogens is 414 g/mol. The molecule has 172 valence electrons. The number of amides is 1. The van der Waals surface area contributed by atoms with E-state index in [0.717, 1.165) is 57.2 Å². The van der Waals surface area contributed by atoms with Gasteiger partial charge < -0.3 is 14.7 Å². The number of piperazine rings is 1. The van der Waals surface area contributed by atoms with Crippen LogP contribution in [0.15, 0.2) is 49.1 Å². The van der Waals surface area contributed by atoms with Crippen LogP contribution in [0.3, 0.4) is 0 Å². The maximum atomic E-state index is 13.3. The number of aryl methyl sites for hydroxylation is 2. The van der Waals surface area contributed by atoms with Gasteiger partial charge in [0, 0.05) is 57.3 Å². The third kappa shape index (κ3) is 4.55. The number of hydrogen-bond donors (Lipinski definition) is 0. The Labute approximate surface area is 194 Å². The fourth-order valence-electron chi connectivity index (χ4n) is 4.89. The van der Waals surface area contributed by atoms with Crippen LogP contribution in [0.4, 0.5) is 11.5 Å². The first kappa shape index (κ1) is 21.4. The van der Waals surface area contributed by atoms with Gasteiger partial charge in [-0.25, -0.2) is 4.98 Å². The van der Waals surface area contributed by atoms with Crippen LogP contribution in [0.5, 0.6) is 0 Å². The second-order valence-electron chi connectivity index (χ2n) is 9.11. The van der Waals surface area contributed by atoms with Gasteiger partial charge >= 0.3 is 0 Å². The van der Waals surface area contributed by atoms with Gasteiger partial charge in [0.25, 0.3) is 0 Å². The smallest absolute Gasteiger partial charge is 0.227 e. The first-order valence-corrected chi connectivity index (χ1v) is 11.8. The second kappa shape index (κ2) is 9.21. The zero-order chi connectivity index (χ0) is 22.8.